The van der Waals surface area contributed by atoms with E-state index >= 15 is 0 Å². The van der Waals surface area contributed by atoms with Crippen LogP contribution in [0.3, 0.4) is 0 Å². The van der Waals surface area contributed by atoms with E-state index in [0.717, 1.165) is 28.1 Å². The number of hydrogen-bond donors (Lipinski definition) is 2. The molecule has 0 spiro atoms. The molecule has 28 heavy (non-hydrogen) atoms. The summed E-state index contributed by atoms with van der Waals surface area (Å²) in [6.45, 7) is 6.18. The third kappa shape index (κ3) is 7.00. The largest absolute Gasteiger partial charge is 0.351 e. The third-order valence-electron chi connectivity index (χ3n) is 4.41. The number of anilines is 1. The molecule has 2 amide bonds. The number of carbonyl (C=O) groups is 2. The van der Waals surface area contributed by atoms with Crippen LogP contribution in [0.1, 0.15) is 36.5 Å². The van der Waals surface area contributed by atoms with Gasteiger partial charge in [0.1, 0.15) is 5.82 Å². The summed E-state index contributed by atoms with van der Waals surface area (Å²) in [5.74, 6) is 0.368. The molecule has 2 aromatic rings. The maximum atomic E-state index is 12.9. The van der Waals surface area contributed by atoms with Crippen LogP contribution >= 0.6 is 11.8 Å². The number of amides is 2. The van der Waals surface area contributed by atoms with Crippen molar-refractivity contribution >= 4 is 29.3 Å². The third-order valence-corrected chi connectivity index (χ3v) is 5.65. The second-order valence-corrected chi connectivity index (χ2v) is 8.22. The zero-order valence-electron chi connectivity index (χ0n) is 16.5. The molecule has 0 bridgehead atoms. The first kappa shape index (κ1) is 22.0. The van der Waals surface area contributed by atoms with Gasteiger partial charge in [0.05, 0.1) is 5.25 Å². The first-order valence-electron chi connectivity index (χ1n) is 9.36. The zero-order valence-corrected chi connectivity index (χ0v) is 17.4. The van der Waals surface area contributed by atoms with Crippen LogP contribution in [0.15, 0.2) is 42.5 Å². The quantitative estimate of drug-likeness (QED) is 0.603. The summed E-state index contributed by atoms with van der Waals surface area (Å²) in [5.41, 5.74) is 3.84. The second kappa shape index (κ2) is 10.9. The van der Waals surface area contributed by atoms with E-state index in [4.69, 9.17) is 0 Å². The number of aryl methyl sites for hydroxylation is 2. The molecule has 0 radical (unpaired) electrons. The van der Waals surface area contributed by atoms with Gasteiger partial charge in [0, 0.05) is 18.7 Å². The molecule has 0 aromatic heterocycles. The Kier molecular flexibility index (Phi) is 8.51. The molecule has 0 aliphatic rings. The van der Waals surface area contributed by atoms with Gasteiger partial charge in [-0.15, -0.1) is 11.8 Å². The lowest BCUT2D eigenvalue weighted by Gasteiger charge is -2.13. The highest BCUT2D eigenvalue weighted by atomic mass is 32.2. The predicted molar refractivity (Wildman–Crippen MR) is 114 cm³/mol. The molecule has 0 aliphatic carbocycles. The molecule has 6 heteroatoms. The summed E-state index contributed by atoms with van der Waals surface area (Å²) in [7, 11) is 0. The lowest BCUT2D eigenvalue weighted by molar-refractivity contribution is -0.120. The second-order valence-electron chi connectivity index (χ2n) is 6.78. The van der Waals surface area contributed by atoms with Crippen LogP contribution in [-0.2, 0) is 16.1 Å². The van der Waals surface area contributed by atoms with Crippen molar-refractivity contribution in [3.8, 4) is 0 Å². The van der Waals surface area contributed by atoms with Gasteiger partial charge >= 0.3 is 0 Å². The van der Waals surface area contributed by atoms with E-state index in [2.05, 4.69) is 10.6 Å². The SMILES string of the molecule is Cc1cccc(C)c1NC(=O)CCCSC(C)C(=O)NCc1ccc(F)cc1. The van der Waals surface area contributed by atoms with Crippen LogP contribution in [0.5, 0.6) is 0 Å². The molecule has 0 saturated heterocycles. The van der Waals surface area contributed by atoms with Crippen LogP contribution in [0.2, 0.25) is 0 Å². The molecule has 0 aliphatic heterocycles. The number of hydrogen-bond acceptors (Lipinski definition) is 3. The van der Waals surface area contributed by atoms with Crippen molar-refractivity contribution in [1.82, 2.24) is 5.32 Å². The van der Waals surface area contributed by atoms with Crippen molar-refractivity contribution in [3.63, 3.8) is 0 Å². The lowest BCUT2D eigenvalue weighted by Crippen LogP contribution is -2.30. The molecular formula is C22H27FN2O2S. The Balaban J connectivity index is 1.65. The highest BCUT2D eigenvalue weighted by molar-refractivity contribution is 8.00. The van der Waals surface area contributed by atoms with Crippen LogP contribution < -0.4 is 10.6 Å². The average Bonchev–Trinajstić information content (AvgIpc) is 2.67. The molecule has 2 aromatic carbocycles. The molecule has 0 heterocycles. The van der Waals surface area contributed by atoms with Crippen LogP contribution in [0.4, 0.5) is 10.1 Å². The Morgan fingerprint density at radius 2 is 1.71 bits per heavy atom. The molecule has 4 nitrogen and oxygen atoms in total. The van der Waals surface area contributed by atoms with Gasteiger partial charge < -0.3 is 10.6 Å². The molecule has 1 atom stereocenters. The van der Waals surface area contributed by atoms with Crippen molar-refractivity contribution in [3.05, 3.63) is 65.0 Å². The van der Waals surface area contributed by atoms with E-state index in [9.17, 15) is 14.0 Å². The number of nitrogens with one attached hydrogen (secondary N) is 2. The van der Waals surface area contributed by atoms with Gasteiger partial charge in [-0.2, -0.15) is 0 Å². The number of rotatable bonds is 9. The van der Waals surface area contributed by atoms with Crippen molar-refractivity contribution in [2.75, 3.05) is 11.1 Å². The van der Waals surface area contributed by atoms with E-state index in [1.165, 1.54) is 23.9 Å². The summed E-state index contributed by atoms with van der Waals surface area (Å²) >= 11 is 1.52. The molecule has 1 unspecified atom stereocenters. The first-order valence-corrected chi connectivity index (χ1v) is 10.4. The van der Waals surface area contributed by atoms with Crippen molar-refractivity contribution in [2.45, 2.75) is 45.4 Å². The fourth-order valence-electron chi connectivity index (χ4n) is 2.72. The van der Waals surface area contributed by atoms with Gasteiger partial charge in [-0.1, -0.05) is 30.3 Å². The topological polar surface area (TPSA) is 58.2 Å². The minimum Gasteiger partial charge on any atom is -0.351 e. The molecule has 0 fully saturated rings. The minimum atomic E-state index is -0.291. The summed E-state index contributed by atoms with van der Waals surface area (Å²) in [5, 5.41) is 5.62. The Morgan fingerprint density at radius 3 is 2.36 bits per heavy atom. The van der Waals surface area contributed by atoms with Crippen LogP contribution in [0.25, 0.3) is 0 Å². The van der Waals surface area contributed by atoms with Crippen molar-refractivity contribution in [1.29, 1.82) is 0 Å². The lowest BCUT2D eigenvalue weighted by atomic mass is 10.1. The maximum absolute atomic E-state index is 12.9. The fraction of sp³-hybridized carbons (Fsp3) is 0.364. The molecule has 150 valence electrons. The van der Waals surface area contributed by atoms with Gasteiger partial charge in [0.15, 0.2) is 0 Å². The monoisotopic (exact) mass is 402 g/mol. The van der Waals surface area contributed by atoms with Crippen LogP contribution in [0, 0.1) is 19.7 Å². The Hall–Kier alpha value is -2.34. The van der Waals surface area contributed by atoms with E-state index in [-0.39, 0.29) is 22.9 Å². The number of carbonyl (C=O) groups excluding carboxylic acids is 2. The Labute approximate surface area is 170 Å². The summed E-state index contributed by atoms with van der Waals surface area (Å²) in [6, 6.07) is 12.0. The van der Waals surface area contributed by atoms with Gasteiger partial charge in [0.25, 0.3) is 0 Å². The Bertz CT molecular complexity index is 788. The number of benzene rings is 2. The van der Waals surface area contributed by atoms with Crippen molar-refractivity contribution in [2.24, 2.45) is 0 Å². The van der Waals surface area contributed by atoms with Gasteiger partial charge in [0.2, 0.25) is 11.8 Å². The van der Waals surface area contributed by atoms with E-state index in [1.54, 1.807) is 12.1 Å². The predicted octanol–water partition coefficient (Wildman–Crippen LogP) is 4.60. The first-order chi connectivity index (χ1) is 13.4. The molecule has 2 N–H and O–H groups in total. The molecule has 2 rings (SSSR count). The van der Waals surface area contributed by atoms with E-state index in [1.807, 2.05) is 39.0 Å². The van der Waals surface area contributed by atoms with Crippen molar-refractivity contribution < 1.29 is 14.0 Å². The standard InChI is InChI=1S/C22H27FN2O2S/c1-15-6-4-7-16(2)21(15)25-20(26)8-5-13-28-17(3)22(27)24-14-18-9-11-19(23)12-10-18/h4,6-7,9-12,17H,5,8,13-14H2,1-3H3,(H,24,27)(H,25,26). The normalized spacial score (nSPS) is 11.7. The molecular weight excluding hydrogens is 375 g/mol. The Morgan fingerprint density at radius 1 is 1.07 bits per heavy atom. The number of halogens is 1. The summed E-state index contributed by atoms with van der Waals surface area (Å²) in [6.07, 6.45) is 1.13. The van der Waals surface area contributed by atoms with Crippen LogP contribution in [-0.4, -0.2) is 22.8 Å². The summed E-state index contributed by atoms with van der Waals surface area (Å²) < 4.78 is 12.9. The number of thioether (sulfide) groups is 1. The highest BCUT2D eigenvalue weighted by Gasteiger charge is 2.13. The smallest absolute Gasteiger partial charge is 0.233 e. The van der Waals surface area contributed by atoms with E-state index < -0.39 is 0 Å². The molecule has 0 saturated carbocycles. The fourth-order valence-corrected chi connectivity index (χ4v) is 3.62. The average molecular weight is 403 g/mol. The minimum absolute atomic E-state index is 0.00795. The van der Waals surface area contributed by atoms with Gasteiger partial charge in [-0.25, -0.2) is 4.39 Å². The maximum Gasteiger partial charge on any atom is 0.233 e. The van der Waals surface area contributed by atoms with Gasteiger partial charge in [-0.05, 0) is 61.8 Å². The zero-order chi connectivity index (χ0) is 20.5. The highest BCUT2D eigenvalue weighted by Crippen LogP contribution is 2.20. The van der Waals surface area contributed by atoms with E-state index in [0.29, 0.717) is 19.4 Å². The number of para-hydroxylation sites is 1. The van der Waals surface area contributed by atoms with Gasteiger partial charge in [-0.3, -0.25) is 9.59 Å². The summed E-state index contributed by atoms with van der Waals surface area (Å²) in [4.78, 5) is 24.3.